The van der Waals surface area contributed by atoms with Gasteiger partial charge in [-0.25, -0.2) is 0 Å². The van der Waals surface area contributed by atoms with E-state index in [2.05, 4.69) is 13.8 Å². The number of phenolic OH excluding ortho intramolecular Hbond substituents is 2. The zero-order chi connectivity index (χ0) is 15.6. The second-order valence-corrected chi connectivity index (χ2v) is 7.52. The summed E-state index contributed by atoms with van der Waals surface area (Å²) in [5.41, 5.74) is 6.75. The molecule has 116 valence electrons. The van der Waals surface area contributed by atoms with Crippen LogP contribution in [-0.2, 0) is 11.2 Å². The molecule has 1 aromatic carbocycles. The number of nitrogens with two attached hydrogens (primary N) is 1. The molecule has 0 aliphatic carbocycles. The van der Waals surface area contributed by atoms with Crippen molar-refractivity contribution in [2.24, 2.45) is 5.73 Å². The van der Waals surface area contributed by atoms with Crippen LogP contribution in [0.15, 0.2) is 18.2 Å². The van der Waals surface area contributed by atoms with Crippen LogP contribution in [0.4, 0.5) is 0 Å². The van der Waals surface area contributed by atoms with Crippen molar-refractivity contribution in [1.82, 2.24) is 4.90 Å². The molecule has 0 spiro atoms. The molecule has 4 N–H and O–H groups in total. The number of thioether (sulfide) groups is 1. The van der Waals surface area contributed by atoms with Crippen LogP contribution in [-0.4, -0.2) is 50.7 Å². The van der Waals surface area contributed by atoms with Crippen molar-refractivity contribution in [2.45, 2.75) is 36.8 Å². The van der Waals surface area contributed by atoms with Gasteiger partial charge in [0.2, 0.25) is 5.91 Å². The molecule has 1 saturated heterocycles. The van der Waals surface area contributed by atoms with Gasteiger partial charge in [0.25, 0.3) is 0 Å². The van der Waals surface area contributed by atoms with Gasteiger partial charge in [0.1, 0.15) is 0 Å². The maximum atomic E-state index is 12.4. The summed E-state index contributed by atoms with van der Waals surface area (Å²) in [6.45, 7) is 5.68. The highest BCUT2D eigenvalue weighted by Crippen LogP contribution is 2.27. The molecule has 0 saturated carbocycles. The van der Waals surface area contributed by atoms with Gasteiger partial charge < -0.3 is 20.8 Å². The van der Waals surface area contributed by atoms with Crippen LogP contribution in [0.2, 0.25) is 0 Å². The zero-order valence-corrected chi connectivity index (χ0v) is 13.1. The minimum Gasteiger partial charge on any atom is -0.504 e. The molecule has 3 atom stereocenters. The van der Waals surface area contributed by atoms with Crippen LogP contribution >= 0.6 is 11.8 Å². The van der Waals surface area contributed by atoms with Gasteiger partial charge in [-0.15, -0.1) is 0 Å². The Hall–Kier alpha value is -1.40. The number of aromatic hydroxyl groups is 2. The molecule has 1 aliphatic heterocycles. The van der Waals surface area contributed by atoms with E-state index in [9.17, 15) is 15.0 Å². The number of hydrogen-bond donors (Lipinski definition) is 3. The number of hydrogen-bond acceptors (Lipinski definition) is 5. The van der Waals surface area contributed by atoms with E-state index in [1.54, 1.807) is 6.07 Å². The van der Waals surface area contributed by atoms with Crippen molar-refractivity contribution in [1.29, 1.82) is 0 Å². The number of amides is 1. The van der Waals surface area contributed by atoms with E-state index in [0.717, 1.165) is 18.7 Å². The van der Waals surface area contributed by atoms with Gasteiger partial charge in [-0.2, -0.15) is 11.8 Å². The molecule has 1 aromatic rings. The van der Waals surface area contributed by atoms with Gasteiger partial charge in [-0.05, 0) is 24.1 Å². The third kappa shape index (κ3) is 4.04. The number of phenols is 2. The summed E-state index contributed by atoms with van der Waals surface area (Å²) < 4.78 is 0. The average molecular weight is 310 g/mol. The first-order chi connectivity index (χ1) is 9.86. The van der Waals surface area contributed by atoms with Crippen molar-refractivity contribution in [2.75, 3.05) is 13.1 Å². The Morgan fingerprint density at radius 1 is 1.33 bits per heavy atom. The van der Waals surface area contributed by atoms with Crippen molar-refractivity contribution < 1.29 is 15.0 Å². The lowest BCUT2D eigenvalue weighted by Crippen LogP contribution is -2.51. The largest absolute Gasteiger partial charge is 0.504 e. The molecule has 1 amide bonds. The van der Waals surface area contributed by atoms with Crippen molar-refractivity contribution in [3.63, 3.8) is 0 Å². The quantitative estimate of drug-likeness (QED) is 0.733. The van der Waals surface area contributed by atoms with Crippen LogP contribution in [0, 0.1) is 0 Å². The normalized spacial score (nSPS) is 23.9. The van der Waals surface area contributed by atoms with Crippen molar-refractivity contribution in [3.05, 3.63) is 23.8 Å². The lowest BCUT2D eigenvalue weighted by atomic mass is 10.0. The number of rotatable bonds is 3. The Bertz CT molecular complexity index is 514. The molecule has 2 unspecified atom stereocenters. The van der Waals surface area contributed by atoms with E-state index in [1.807, 2.05) is 16.7 Å². The van der Waals surface area contributed by atoms with Gasteiger partial charge in [-0.3, -0.25) is 4.79 Å². The molecular weight excluding hydrogens is 288 g/mol. The maximum Gasteiger partial charge on any atom is 0.239 e. The SMILES string of the molecule is CC1CN(C(=O)[C@@H](N)Cc2ccc(O)c(O)c2)CC(C)S1. The molecule has 1 heterocycles. The molecule has 5 nitrogen and oxygen atoms in total. The summed E-state index contributed by atoms with van der Waals surface area (Å²) in [4.78, 5) is 14.3. The first kappa shape index (κ1) is 16.0. The third-order valence-electron chi connectivity index (χ3n) is 3.54. The van der Waals surface area contributed by atoms with Gasteiger partial charge in [0.15, 0.2) is 11.5 Å². The van der Waals surface area contributed by atoms with Crippen LogP contribution in [0.5, 0.6) is 11.5 Å². The smallest absolute Gasteiger partial charge is 0.239 e. The van der Waals surface area contributed by atoms with Crippen LogP contribution < -0.4 is 5.73 Å². The maximum absolute atomic E-state index is 12.4. The molecule has 6 heteroatoms. The number of nitrogens with zero attached hydrogens (tertiary/aromatic N) is 1. The Kier molecular flexibility index (Phi) is 5.00. The summed E-state index contributed by atoms with van der Waals surface area (Å²) in [5.74, 6) is -0.417. The minimum absolute atomic E-state index is 0.0541. The van der Waals surface area contributed by atoms with Gasteiger partial charge in [0, 0.05) is 23.6 Å². The van der Waals surface area contributed by atoms with Crippen molar-refractivity contribution >= 4 is 17.7 Å². The minimum atomic E-state index is -0.628. The Morgan fingerprint density at radius 3 is 2.52 bits per heavy atom. The lowest BCUT2D eigenvalue weighted by molar-refractivity contribution is -0.132. The predicted octanol–water partition coefficient (Wildman–Crippen LogP) is 1.32. The van der Waals surface area contributed by atoms with Crippen LogP contribution in [0.1, 0.15) is 19.4 Å². The third-order valence-corrected chi connectivity index (χ3v) is 4.77. The summed E-state index contributed by atoms with van der Waals surface area (Å²) >= 11 is 1.89. The number of carbonyl (C=O) groups excluding carboxylic acids is 1. The Balaban J connectivity index is 2.00. The molecule has 2 rings (SSSR count). The van der Waals surface area contributed by atoms with E-state index in [-0.39, 0.29) is 17.4 Å². The molecule has 0 radical (unpaired) electrons. The molecule has 21 heavy (non-hydrogen) atoms. The highest BCUT2D eigenvalue weighted by Gasteiger charge is 2.28. The average Bonchev–Trinajstić information content (AvgIpc) is 2.41. The molecule has 1 aliphatic rings. The fourth-order valence-electron chi connectivity index (χ4n) is 2.63. The standard InChI is InChI=1S/C15H22N2O3S/c1-9-7-17(8-10(2)21-9)15(20)12(16)5-11-3-4-13(18)14(19)6-11/h3-4,6,9-10,12,18-19H,5,7-8,16H2,1-2H3/t9?,10?,12-/m0/s1. The van der Waals surface area contributed by atoms with Gasteiger partial charge in [-0.1, -0.05) is 19.9 Å². The number of benzene rings is 1. The Labute approximate surface area is 129 Å². The van der Waals surface area contributed by atoms with E-state index < -0.39 is 6.04 Å². The molecule has 0 aromatic heterocycles. The molecular formula is C15H22N2O3S. The topological polar surface area (TPSA) is 86.8 Å². The van der Waals surface area contributed by atoms with Gasteiger partial charge in [0.05, 0.1) is 6.04 Å². The summed E-state index contributed by atoms with van der Waals surface area (Å²) in [5, 5.41) is 19.6. The first-order valence-electron chi connectivity index (χ1n) is 7.07. The summed E-state index contributed by atoms with van der Waals surface area (Å²) in [6.07, 6.45) is 0.346. The summed E-state index contributed by atoms with van der Waals surface area (Å²) in [6, 6.07) is 3.89. The van der Waals surface area contributed by atoms with E-state index >= 15 is 0 Å². The molecule has 0 bridgehead atoms. The number of carbonyl (C=O) groups is 1. The van der Waals surface area contributed by atoms with E-state index in [0.29, 0.717) is 16.9 Å². The lowest BCUT2D eigenvalue weighted by Gasteiger charge is -2.36. The second-order valence-electron chi connectivity index (χ2n) is 5.63. The van der Waals surface area contributed by atoms with E-state index in [4.69, 9.17) is 5.73 Å². The fourth-order valence-corrected chi connectivity index (χ4v) is 3.95. The highest BCUT2D eigenvalue weighted by atomic mass is 32.2. The zero-order valence-electron chi connectivity index (χ0n) is 12.3. The Morgan fingerprint density at radius 2 is 1.95 bits per heavy atom. The van der Waals surface area contributed by atoms with Gasteiger partial charge >= 0.3 is 0 Å². The second kappa shape index (κ2) is 6.58. The molecule has 1 fully saturated rings. The van der Waals surface area contributed by atoms with Crippen molar-refractivity contribution in [3.8, 4) is 11.5 Å². The monoisotopic (exact) mass is 310 g/mol. The highest BCUT2D eigenvalue weighted by molar-refractivity contribution is 8.00. The first-order valence-corrected chi connectivity index (χ1v) is 8.01. The fraction of sp³-hybridized carbons (Fsp3) is 0.533. The van der Waals surface area contributed by atoms with Crippen LogP contribution in [0.3, 0.4) is 0 Å². The summed E-state index contributed by atoms with van der Waals surface area (Å²) in [7, 11) is 0. The van der Waals surface area contributed by atoms with E-state index in [1.165, 1.54) is 12.1 Å². The van der Waals surface area contributed by atoms with Crippen LogP contribution in [0.25, 0.3) is 0 Å². The predicted molar refractivity (Wildman–Crippen MR) is 84.5 cm³/mol.